The minimum absolute atomic E-state index is 0.477. The maximum atomic E-state index is 10.00. The van der Waals surface area contributed by atoms with Gasteiger partial charge in [-0.1, -0.05) is 40.0 Å². The van der Waals surface area contributed by atoms with Gasteiger partial charge >= 0.3 is 0 Å². The molecular formula is C11H22O. The molecule has 0 unspecified atom stereocenters. The van der Waals surface area contributed by atoms with Crippen LogP contribution in [0.25, 0.3) is 0 Å². The Balaban J connectivity index is 3.06. The number of carbonyl (C=O) groups excluding carboxylic acids is 1. The first-order chi connectivity index (χ1) is 5.56. The van der Waals surface area contributed by atoms with Crippen LogP contribution in [0, 0.1) is 5.41 Å². The molecule has 0 fully saturated rings. The average Bonchev–Trinajstić information content (AvgIpc) is 1.94. The molecule has 0 aromatic rings. The van der Waals surface area contributed by atoms with Crippen LogP contribution >= 0.6 is 0 Å². The Morgan fingerprint density at radius 2 is 1.58 bits per heavy atom. The highest BCUT2D eigenvalue weighted by Gasteiger charge is 2.08. The minimum atomic E-state index is 0.477. The standard InChI is InChI=1S/C11H22O/c1-11(2,3)9-7-5-4-6-8-10-12/h10H,4-9H2,1-3H3. The minimum Gasteiger partial charge on any atom is -0.303 e. The topological polar surface area (TPSA) is 17.1 Å². The number of unbranched alkanes of at least 4 members (excludes halogenated alkanes) is 4. The first-order valence-corrected chi connectivity index (χ1v) is 5.00. The van der Waals surface area contributed by atoms with Crippen molar-refractivity contribution in [3.63, 3.8) is 0 Å². The van der Waals surface area contributed by atoms with Crippen LogP contribution in [0.15, 0.2) is 0 Å². The SMILES string of the molecule is CC(C)(C)CCCCCCC=O. The van der Waals surface area contributed by atoms with E-state index in [1.165, 1.54) is 25.7 Å². The molecule has 0 atom stereocenters. The van der Waals surface area contributed by atoms with Gasteiger partial charge in [0.25, 0.3) is 0 Å². The molecule has 0 aliphatic rings. The van der Waals surface area contributed by atoms with Crippen molar-refractivity contribution in [2.24, 2.45) is 5.41 Å². The van der Waals surface area contributed by atoms with Gasteiger partial charge in [-0.05, 0) is 18.3 Å². The van der Waals surface area contributed by atoms with Gasteiger partial charge in [-0.15, -0.1) is 0 Å². The molecule has 0 rings (SSSR count). The van der Waals surface area contributed by atoms with E-state index in [9.17, 15) is 4.79 Å². The summed E-state index contributed by atoms with van der Waals surface area (Å²) in [5.41, 5.74) is 0.477. The van der Waals surface area contributed by atoms with Gasteiger partial charge < -0.3 is 4.79 Å². The zero-order chi connectivity index (χ0) is 9.45. The third kappa shape index (κ3) is 9.67. The van der Waals surface area contributed by atoms with Crippen molar-refractivity contribution in [2.45, 2.75) is 59.3 Å². The summed E-state index contributed by atoms with van der Waals surface area (Å²) in [6, 6.07) is 0. The van der Waals surface area contributed by atoms with Crippen molar-refractivity contribution in [2.75, 3.05) is 0 Å². The highest BCUT2D eigenvalue weighted by molar-refractivity contribution is 5.48. The highest BCUT2D eigenvalue weighted by Crippen LogP contribution is 2.22. The molecule has 0 aromatic heterocycles. The zero-order valence-corrected chi connectivity index (χ0v) is 8.73. The monoisotopic (exact) mass is 170 g/mol. The molecule has 0 radical (unpaired) electrons. The Labute approximate surface area is 76.6 Å². The fraction of sp³-hybridized carbons (Fsp3) is 0.909. The van der Waals surface area contributed by atoms with Crippen LogP contribution in [-0.2, 0) is 4.79 Å². The van der Waals surface area contributed by atoms with Gasteiger partial charge in [-0.25, -0.2) is 0 Å². The van der Waals surface area contributed by atoms with Gasteiger partial charge in [0.05, 0.1) is 0 Å². The summed E-state index contributed by atoms with van der Waals surface area (Å²) in [5.74, 6) is 0. The van der Waals surface area contributed by atoms with Gasteiger partial charge in [-0.2, -0.15) is 0 Å². The molecule has 0 saturated heterocycles. The van der Waals surface area contributed by atoms with E-state index in [0.717, 1.165) is 19.1 Å². The van der Waals surface area contributed by atoms with Crippen LogP contribution in [0.2, 0.25) is 0 Å². The predicted octanol–water partition coefficient (Wildman–Crippen LogP) is 3.57. The fourth-order valence-electron chi connectivity index (χ4n) is 1.24. The largest absolute Gasteiger partial charge is 0.303 e. The lowest BCUT2D eigenvalue weighted by atomic mass is 9.89. The molecule has 0 N–H and O–H groups in total. The number of aldehydes is 1. The van der Waals surface area contributed by atoms with Crippen LogP contribution in [-0.4, -0.2) is 6.29 Å². The molecule has 1 nitrogen and oxygen atoms in total. The van der Waals surface area contributed by atoms with E-state index in [0.29, 0.717) is 5.41 Å². The van der Waals surface area contributed by atoms with E-state index < -0.39 is 0 Å². The van der Waals surface area contributed by atoms with Crippen molar-refractivity contribution in [3.05, 3.63) is 0 Å². The van der Waals surface area contributed by atoms with Crippen LogP contribution in [0.5, 0.6) is 0 Å². The van der Waals surface area contributed by atoms with Crippen molar-refractivity contribution in [3.8, 4) is 0 Å². The molecule has 0 saturated carbocycles. The maximum Gasteiger partial charge on any atom is 0.119 e. The molecule has 1 heteroatoms. The van der Waals surface area contributed by atoms with E-state index in [1.54, 1.807) is 0 Å². The van der Waals surface area contributed by atoms with E-state index in [2.05, 4.69) is 20.8 Å². The highest BCUT2D eigenvalue weighted by atomic mass is 16.1. The maximum absolute atomic E-state index is 10.00. The second-order valence-electron chi connectivity index (χ2n) is 4.68. The Kier molecular flexibility index (Phi) is 6.04. The Bertz CT molecular complexity index is 111. The lowest BCUT2D eigenvalue weighted by molar-refractivity contribution is -0.107. The molecule has 0 heterocycles. The van der Waals surface area contributed by atoms with E-state index >= 15 is 0 Å². The summed E-state index contributed by atoms with van der Waals surface area (Å²) in [4.78, 5) is 10.00. The van der Waals surface area contributed by atoms with Gasteiger partial charge in [-0.3, -0.25) is 0 Å². The van der Waals surface area contributed by atoms with Crippen LogP contribution in [0.3, 0.4) is 0 Å². The molecule has 0 aliphatic carbocycles. The van der Waals surface area contributed by atoms with Crippen LogP contribution < -0.4 is 0 Å². The molecule has 12 heavy (non-hydrogen) atoms. The number of hydrogen-bond acceptors (Lipinski definition) is 1. The quantitative estimate of drug-likeness (QED) is 0.440. The van der Waals surface area contributed by atoms with Crippen molar-refractivity contribution in [1.29, 1.82) is 0 Å². The number of carbonyl (C=O) groups is 1. The first kappa shape index (κ1) is 11.7. The average molecular weight is 170 g/mol. The third-order valence-electron chi connectivity index (χ3n) is 2.00. The Morgan fingerprint density at radius 3 is 2.08 bits per heavy atom. The van der Waals surface area contributed by atoms with E-state index in [4.69, 9.17) is 0 Å². The molecular weight excluding hydrogens is 148 g/mol. The van der Waals surface area contributed by atoms with Gasteiger partial charge in [0, 0.05) is 6.42 Å². The summed E-state index contributed by atoms with van der Waals surface area (Å²) in [6.07, 6.45) is 7.95. The van der Waals surface area contributed by atoms with Crippen molar-refractivity contribution in [1.82, 2.24) is 0 Å². The second-order valence-corrected chi connectivity index (χ2v) is 4.68. The lowest BCUT2D eigenvalue weighted by Gasteiger charge is -2.17. The summed E-state index contributed by atoms with van der Waals surface area (Å²) in [7, 11) is 0. The van der Waals surface area contributed by atoms with E-state index in [-0.39, 0.29) is 0 Å². The van der Waals surface area contributed by atoms with Crippen molar-refractivity contribution >= 4 is 6.29 Å². The first-order valence-electron chi connectivity index (χ1n) is 5.00. The van der Waals surface area contributed by atoms with Crippen molar-refractivity contribution < 1.29 is 4.79 Å². The molecule has 0 aromatic carbocycles. The smallest absolute Gasteiger partial charge is 0.119 e. The summed E-state index contributed by atoms with van der Waals surface area (Å²) >= 11 is 0. The Hall–Kier alpha value is -0.330. The zero-order valence-electron chi connectivity index (χ0n) is 8.73. The number of rotatable bonds is 6. The molecule has 0 spiro atoms. The summed E-state index contributed by atoms with van der Waals surface area (Å²) < 4.78 is 0. The fourth-order valence-corrected chi connectivity index (χ4v) is 1.24. The molecule has 0 aliphatic heterocycles. The number of hydrogen-bond donors (Lipinski definition) is 0. The van der Waals surface area contributed by atoms with Gasteiger partial charge in [0.1, 0.15) is 6.29 Å². The van der Waals surface area contributed by atoms with Gasteiger partial charge in [0.2, 0.25) is 0 Å². The second kappa shape index (κ2) is 6.22. The Morgan fingerprint density at radius 1 is 1.00 bits per heavy atom. The molecule has 0 bridgehead atoms. The van der Waals surface area contributed by atoms with Crippen LogP contribution in [0.4, 0.5) is 0 Å². The van der Waals surface area contributed by atoms with E-state index in [1.807, 2.05) is 0 Å². The predicted molar refractivity (Wildman–Crippen MR) is 53.2 cm³/mol. The lowest BCUT2D eigenvalue weighted by Crippen LogP contribution is -2.03. The summed E-state index contributed by atoms with van der Waals surface area (Å²) in [5, 5.41) is 0. The molecule has 72 valence electrons. The van der Waals surface area contributed by atoms with Gasteiger partial charge in [0.15, 0.2) is 0 Å². The summed E-state index contributed by atoms with van der Waals surface area (Å²) in [6.45, 7) is 6.83. The van der Waals surface area contributed by atoms with Crippen LogP contribution in [0.1, 0.15) is 59.3 Å². The molecule has 0 amide bonds. The normalized spacial score (nSPS) is 11.6. The third-order valence-corrected chi connectivity index (χ3v) is 2.00.